The van der Waals surface area contributed by atoms with E-state index in [1.807, 2.05) is 6.92 Å². The van der Waals surface area contributed by atoms with Crippen LogP contribution in [0.2, 0.25) is 0 Å². The summed E-state index contributed by atoms with van der Waals surface area (Å²) >= 11 is 5.48. The maximum absolute atomic E-state index is 10.9. The Labute approximate surface area is 63.8 Å². The van der Waals surface area contributed by atoms with Crippen LogP contribution in [0.15, 0.2) is 17.1 Å². The van der Waals surface area contributed by atoms with E-state index in [-0.39, 0.29) is 11.4 Å². The van der Waals surface area contributed by atoms with Crippen LogP contribution >= 0.6 is 11.6 Å². The first-order valence-electron chi connectivity index (χ1n) is 2.98. The van der Waals surface area contributed by atoms with Gasteiger partial charge in [0.15, 0.2) is 0 Å². The van der Waals surface area contributed by atoms with Crippen molar-refractivity contribution in [3.8, 4) is 0 Å². The van der Waals surface area contributed by atoms with Crippen molar-refractivity contribution in [2.45, 2.75) is 12.8 Å². The molecular formula is C7H8ClNO. The molecule has 1 rings (SSSR count). The van der Waals surface area contributed by atoms with Crippen LogP contribution in [0, 0.1) is 6.92 Å². The molecule has 1 aromatic rings. The molecule has 0 saturated heterocycles. The van der Waals surface area contributed by atoms with E-state index in [1.54, 1.807) is 12.3 Å². The van der Waals surface area contributed by atoms with Crippen LogP contribution < -0.4 is 5.56 Å². The number of H-pyrrole nitrogens is 1. The third kappa shape index (κ3) is 1.39. The smallest absolute Gasteiger partial charge is 0.252 e. The van der Waals surface area contributed by atoms with Crippen molar-refractivity contribution in [1.29, 1.82) is 0 Å². The Morgan fingerprint density at radius 1 is 1.70 bits per heavy atom. The average Bonchev–Trinajstić information content (AvgIpc) is 1.94. The minimum atomic E-state index is -0.0967. The lowest BCUT2D eigenvalue weighted by atomic mass is 10.2. The summed E-state index contributed by atoms with van der Waals surface area (Å²) in [6.45, 7) is 1.91. The van der Waals surface area contributed by atoms with Gasteiger partial charge < -0.3 is 4.98 Å². The Morgan fingerprint density at radius 2 is 2.40 bits per heavy atom. The molecule has 1 aromatic heterocycles. The number of aromatic nitrogens is 1. The standard InChI is InChI=1S/C7H8ClNO/c1-5-2-6(3-8)7(10)9-4-5/h2,4H,3H2,1H3,(H,9,10). The van der Waals surface area contributed by atoms with Gasteiger partial charge in [-0.1, -0.05) is 0 Å². The summed E-state index contributed by atoms with van der Waals surface area (Å²) in [4.78, 5) is 13.4. The molecule has 0 aliphatic heterocycles. The van der Waals surface area contributed by atoms with Gasteiger partial charge in [-0.05, 0) is 18.6 Å². The van der Waals surface area contributed by atoms with E-state index < -0.39 is 0 Å². The van der Waals surface area contributed by atoms with Crippen molar-refractivity contribution >= 4 is 11.6 Å². The van der Waals surface area contributed by atoms with Gasteiger partial charge in [0.1, 0.15) is 0 Å². The number of halogens is 1. The number of aromatic amines is 1. The largest absolute Gasteiger partial charge is 0.329 e. The zero-order valence-electron chi connectivity index (χ0n) is 5.65. The molecule has 0 aromatic carbocycles. The quantitative estimate of drug-likeness (QED) is 0.615. The van der Waals surface area contributed by atoms with Gasteiger partial charge in [-0.3, -0.25) is 4.79 Å². The summed E-state index contributed by atoms with van der Waals surface area (Å²) < 4.78 is 0. The van der Waals surface area contributed by atoms with Gasteiger partial charge in [-0.2, -0.15) is 0 Å². The SMILES string of the molecule is Cc1c[nH]c(=O)c(CCl)c1. The molecule has 0 radical (unpaired) electrons. The van der Waals surface area contributed by atoms with Crippen LogP contribution in [0.25, 0.3) is 0 Å². The van der Waals surface area contributed by atoms with Gasteiger partial charge in [0.25, 0.3) is 5.56 Å². The van der Waals surface area contributed by atoms with E-state index in [1.165, 1.54) is 0 Å². The highest BCUT2D eigenvalue weighted by atomic mass is 35.5. The number of alkyl halides is 1. The summed E-state index contributed by atoms with van der Waals surface area (Å²) in [5.74, 6) is 0.275. The lowest BCUT2D eigenvalue weighted by Crippen LogP contribution is -2.10. The predicted molar refractivity (Wildman–Crippen MR) is 41.4 cm³/mol. The second-order valence-electron chi connectivity index (χ2n) is 2.17. The molecule has 0 saturated carbocycles. The predicted octanol–water partition coefficient (Wildman–Crippen LogP) is 1.42. The first-order valence-corrected chi connectivity index (χ1v) is 3.51. The first-order chi connectivity index (χ1) is 4.74. The fraction of sp³-hybridized carbons (Fsp3) is 0.286. The van der Waals surface area contributed by atoms with E-state index in [2.05, 4.69) is 4.98 Å². The summed E-state index contributed by atoms with van der Waals surface area (Å²) in [5.41, 5.74) is 1.55. The fourth-order valence-electron chi connectivity index (χ4n) is 0.753. The van der Waals surface area contributed by atoms with E-state index in [0.29, 0.717) is 5.56 Å². The van der Waals surface area contributed by atoms with Crippen LogP contribution in [0.1, 0.15) is 11.1 Å². The Bertz CT molecular complexity index is 279. The lowest BCUT2D eigenvalue weighted by molar-refractivity contribution is 1.13. The van der Waals surface area contributed by atoms with Crippen LogP contribution in [0.4, 0.5) is 0 Å². The number of hydrogen-bond donors (Lipinski definition) is 1. The van der Waals surface area contributed by atoms with Crippen LogP contribution in [-0.4, -0.2) is 4.98 Å². The molecule has 0 unspecified atom stereocenters. The fourth-order valence-corrected chi connectivity index (χ4v) is 0.952. The maximum atomic E-state index is 10.9. The highest BCUT2D eigenvalue weighted by Crippen LogP contribution is 1.98. The van der Waals surface area contributed by atoms with Crippen molar-refractivity contribution in [2.75, 3.05) is 0 Å². The molecule has 0 aliphatic carbocycles. The normalized spacial score (nSPS) is 9.80. The summed E-state index contributed by atoms with van der Waals surface area (Å²) in [5, 5.41) is 0. The molecule has 0 bridgehead atoms. The number of hydrogen-bond acceptors (Lipinski definition) is 1. The van der Waals surface area contributed by atoms with E-state index >= 15 is 0 Å². The van der Waals surface area contributed by atoms with Crippen molar-refractivity contribution in [3.05, 3.63) is 33.7 Å². The molecular weight excluding hydrogens is 150 g/mol. The van der Waals surface area contributed by atoms with Crippen LogP contribution in [-0.2, 0) is 5.88 Å². The van der Waals surface area contributed by atoms with Crippen LogP contribution in [0.3, 0.4) is 0 Å². The van der Waals surface area contributed by atoms with Gasteiger partial charge in [0.05, 0.1) is 5.88 Å². The van der Waals surface area contributed by atoms with Crippen molar-refractivity contribution < 1.29 is 0 Å². The molecule has 0 amide bonds. The number of aryl methyl sites for hydroxylation is 1. The second-order valence-corrected chi connectivity index (χ2v) is 2.43. The highest BCUT2D eigenvalue weighted by Gasteiger charge is 1.95. The molecule has 10 heavy (non-hydrogen) atoms. The summed E-state index contributed by atoms with van der Waals surface area (Å²) in [6, 6.07) is 1.78. The summed E-state index contributed by atoms with van der Waals surface area (Å²) in [6.07, 6.45) is 1.67. The Hall–Kier alpha value is -0.760. The van der Waals surface area contributed by atoms with Gasteiger partial charge in [0.2, 0.25) is 0 Å². The Balaban J connectivity index is 3.22. The highest BCUT2D eigenvalue weighted by molar-refractivity contribution is 6.17. The van der Waals surface area contributed by atoms with E-state index in [0.717, 1.165) is 5.56 Å². The number of nitrogens with one attached hydrogen (secondary N) is 1. The van der Waals surface area contributed by atoms with Crippen LogP contribution in [0.5, 0.6) is 0 Å². The zero-order chi connectivity index (χ0) is 7.56. The molecule has 1 heterocycles. The Kier molecular flexibility index (Phi) is 2.12. The van der Waals surface area contributed by atoms with E-state index in [4.69, 9.17) is 11.6 Å². The third-order valence-electron chi connectivity index (χ3n) is 1.27. The minimum Gasteiger partial charge on any atom is -0.329 e. The second kappa shape index (κ2) is 2.88. The monoisotopic (exact) mass is 157 g/mol. The molecule has 54 valence electrons. The molecule has 0 atom stereocenters. The van der Waals surface area contributed by atoms with Gasteiger partial charge in [-0.25, -0.2) is 0 Å². The summed E-state index contributed by atoms with van der Waals surface area (Å²) in [7, 11) is 0. The van der Waals surface area contributed by atoms with Crippen molar-refractivity contribution in [2.24, 2.45) is 0 Å². The lowest BCUT2D eigenvalue weighted by Gasteiger charge is -1.93. The van der Waals surface area contributed by atoms with Crippen molar-refractivity contribution in [1.82, 2.24) is 4.98 Å². The first kappa shape index (κ1) is 7.35. The van der Waals surface area contributed by atoms with E-state index in [9.17, 15) is 4.79 Å². The topological polar surface area (TPSA) is 32.9 Å². The number of pyridine rings is 1. The Morgan fingerprint density at radius 3 is 2.90 bits per heavy atom. The minimum absolute atomic E-state index is 0.0967. The van der Waals surface area contributed by atoms with Gasteiger partial charge in [0, 0.05) is 11.8 Å². The molecule has 2 nitrogen and oxygen atoms in total. The van der Waals surface area contributed by atoms with Crippen molar-refractivity contribution in [3.63, 3.8) is 0 Å². The number of rotatable bonds is 1. The zero-order valence-corrected chi connectivity index (χ0v) is 6.40. The molecule has 1 N–H and O–H groups in total. The van der Waals surface area contributed by atoms with Gasteiger partial charge >= 0.3 is 0 Å². The molecule has 0 spiro atoms. The molecule has 3 heteroatoms. The third-order valence-corrected chi connectivity index (χ3v) is 1.56. The maximum Gasteiger partial charge on any atom is 0.252 e. The molecule has 0 fully saturated rings. The van der Waals surface area contributed by atoms with Gasteiger partial charge in [-0.15, -0.1) is 11.6 Å². The average molecular weight is 158 g/mol. The molecule has 0 aliphatic rings.